The van der Waals surface area contributed by atoms with E-state index in [1.165, 1.54) is 11.1 Å². The van der Waals surface area contributed by atoms with E-state index in [1.54, 1.807) is 6.20 Å². The number of hydrogen-bond acceptors (Lipinski definition) is 3. The molecule has 2 aliphatic rings. The summed E-state index contributed by atoms with van der Waals surface area (Å²) in [6.45, 7) is 2.52. The van der Waals surface area contributed by atoms with Crippen LogP contribution in [0.2, 0.25) is 0 Å². The zero-order chi connectivity index (χ0) is 24.2. The maximum Gasteiger partial charge on any atom is 0.251 e. The van der Waals surface area contributed by atoms with Gasteiger partial charge in [0.1, 0.15) is 0 Å². The number of amides is 2. The van der Waals surface area contributed by atoms with Gasteiger partial charge in [-0.15, -0.1) is 0 Å². The van der Waals surface area contributed by atoms with Crippen molar-refractivity contribution in [1.29, 1.82) is 0 Å². The summed E-state index contributed by atoms with van der Waals surface area (Å²) >= 11 is 0. The van der Waals surface area contributed by atoms with Gasteiger partial charge in [0, 0.05) is 42.1 Å². The molecule has 0 radical (unpaired) electrons. The molecule has 2 aliphatic heterocycles. The Kier molecular flexibility index (Phi) is 6.75. The Labute approximate surface area is 206 Å². The van der Waals surface area contributed by atoms with E-state index in [9.17, 15) is 9.59 Å². The van der Waals surface area contributed by atoms with Crippen molar-refractivity contribution < 1.29 is 9.59 Å². The fourth-order valence-corrected chi connectivity index (χ4v) is 5.62. The van der Waals surface area contributed by atoms with E-state index in [0.29, 0.717) is 18.5 Å². The third kappa shape index (κ3) is 4.90. The first kappa shape index (κ1) is 23.0. The van der Waals surface area contributed by atoms with Gasteiger partial charge in [-0.1, -0.05) is 54.1 Å². The minimum Gasteiger partial charge on any atom is -0.352 e. The van der Waals surface area contributed by atoms with E-state index >= 15 is 0 Å². The van der Waals surface area contributed by atoms with Crippen LogP contribution in [0, 0.1) is 0 Å². The summed E-state index contributed by atoms with van der Waals surface area (Å²) < 4.78 is 0. The average molecular weight is 466 g/mol. The lowest BCUT2D eigenvalue weighted by Crippen LogP contribution is -2.45. The predicted molar refractivity (Wildman–Crippen MR) is 138 cm³/mol. The van der Waals surface area contributed by atoms with Crippen molar-refractivity contribution in [2.75, 3.05) is 6.54 Å². The molecule has 2 atom stereocenters. The standard InChI is InChI=1S/C30H31N3O2/c1-2-32-30(35)23-12-10-22(11-13-23)29(24-9-6-16-31-20-24)25-18-26-14-15-27(19-25)33(26)28(34)17-21-7-4-3-5-8-21/h3-13,16,20,26-27H,2,14-15,17-19H2,1H3,(H,32,35). The highest BCUT2D eigenvalue weighted by atomic mass is 16.2. The van der Waals surface area contributed by atoms with Gasteiger partial charge in [0.05, 0.1) is 6.42 Å². The van der Waals surface area contributed by atoms with Crippen LogP contribution < -0.4 is 5.32 Å². The van der Waals surface area contributed by atoms with Crippen molar-refractivity contribution in [1.82, 2.24) is 15.2 Å². The lowest BCUT2D eigenvalue weighted by Gasteiger charge is -2.37. The molecule has 1 aromatic heterocycles. The summed E-state index contributed by atoms with van der Waals surface area (Å²) in [7, 11) is 0. The number of piperidine rings is 1. The minimum atomic E-state index is -0.0575. The Morgan fingerprint density at radius 1 is 0.886 bits per heavy atom. The van der Waals surface area contributed by atoms with Crippen LogP contribution in [-0.4, -0.2) is 40.3 Å². The second-order valence-electron chi connectivity index (χ2n) is 9.41. The van der Waals surface area contributed by atoms with E-state index in [2.05, 4.69) is 21.3 Å². The Bertz CT molecular complexity index is 1200. The Morgan fingerprint density at radius 2 is 1.57 bits per heavy atom. The normalized spacial score (nSPS) is 18.9. The Balaban J connectivity index is 1.44. The van der Waals surface area contributed by atoms with E-state index in [0.717, 1.165) is 42.4 Å². The largest absolute Gasteiger partial charge is 0.352 e. The average Bonchev–Trinajstić information content (AvgIpc) is 3.16. The molecule has 2 bridgehead atoms. The number of fused-ring (bicyclic) bond motifs is 2. The van der Waals surface area contributed by atoms with Crippen molar-refractivity contribution in [2.45, 2.75) is 51.1 Å². The van der Waals surface area contributed by atoms with Gasteiger partial charge in [0.2, 0.25) is 5.91 Å². The van der Waals surface area contributed by atoms with Crippen LogP contribution in [0.5, 0.6) is 0 Å². The van der Waals surface area contributed by atoms with Gasteiger partial charge in [-0.25, -0.2) is 0 Å². The monoisotopic (exact) mass is 465 g/mol. The number of aromatic nitrogens is 1. The molecule has 2 unspecified atom stereocenters. The molecule has 5 rings (SSSR count). The fourth-order valence-electron chi connectivity index (χ4n) is 5.62. The number of carbonyl (C=O) groups excluding carboxylic acids is 2. The van der Waals surface area contributed by atoms with Crippen LogP contribution in [0.25, 0.3) is 5.57 Å². The third-order valence-corrected chi connectivity index (χ3v) is 7.15. The summed E-state index contributed by atoms with van der Waals surface area (Å²) in [5.74, 6) is 0.176. The van der Waals surface area contributed by atoms with Crippen LogP contribution >= 0.6 is 0 Å². The highest BCUT2D eigenvalue weighted by Gasteiger charge is 2.41. The molecule has 35 heavy (non-hydrogen) atoms. The Morgan fingerprint density at radius 3 is 2.20 bits per heavy atom. The number of pyridine rings is 1. The molecule has 0 spiro atoms. The third-order valence-electron chi connectivity index (χ3n) is 7.15. The highest BCUT2D eigenvalue weighted by molar-refractivity contribution is 5.95. The number of nitrogens with one attached hydrogen (secondary N) is 1. The summed E-state index contributed by atoms with van der Waals surface area (Å²) in [6.07, 6.45) is 8.01. The van der Waals surface area contributed by atoms with Crippen LogP contribution in [0.15, 0.2) is 84.7 Å². The fraction of sp³-hybridized carbons (Fsp3) is 0.300. The molecule has 5 nitrogen and oxygen atoms in total. The van der Waals surface area contributed by atoms with E-state index in [-0.39, 0.29) is 23.9 Å². The molecule has 3 heterocycles. The van der Waals surface area contributed by atoms with Gasteiger partial charge in [0.25, 0.3) is 5.91 Å². The molecular weight excluding hydrogens is 434 g/mol. The molecule has 2 aromatic carbocycles. The van der Waals surface area contributed by atoms with Crippen LogP contribution in [-0.2, 0) is 11.2 Å². The zero-order valence-corrected chi connectivity index (χ0v) is 20.1. The first-order valence-corrected chi connectivity index (χ1v) is 12.5. The van der Waals surface area contributed by atoms with Gasteiger partial charge in [-0.05, 0) is 67.5 Å². The van der Waals surface area contributed by atoms with Gasteiger partial charge in [-0.2, -0.15) is 0 Å². The predicted octanol–water partition coefficient (Wildman–Crippen LogP) is 5.03. The number of rotatable bonds is 6. The SMILES string of the molecule is CCNC(=O)c1ccc(C(=C2CC3CCC(C2)N3C(=O)Cc2ccccc2)c2cccnc2)cc1. The van der Waals surface area contributed by atoms with E-state index in [1.807, 2.05) is 73.8 Å². The maximum atomic E-state index is 13.3. The topological polar surface area (TPSA) is 62.3 Å². The molecular formula is C30H31N3O2. The number of benzene rings is 2. The lowest BCUT2D eigenvalue weighted by atomic mass is 9.85. The molecule has 0 aliphatic carbocycles. The van der Waals surface area contributed by atoms with Crippen molar-refractivity contribution in [2.24, 2.45) is 0 Å². The highest BCUT2D eigenvalue weighted by Crippen LogP contribution is 2.43. The second-order valence-corrected chi connectivity index (χ2v) is 9.41. The van der Waals surface area contributed by atoms with Crippen molar-refractivity contribution in [3.63, 3.8) is 0 Å². The Hall–Kier alpha value is -3.73. The van der Waals surface area contributed by atoms with Crippen molar-refractivity contribution in [3.8, 4) is 0 Å². The van der Waals surface area contributed by atoms with Gasteiger partial charge >= 0.3 is 0 Å². The van der Waals surface area contributed by atoms with Crippen molar-refractivity contribution >= 4 is 17.4 Å². The molecule has 178 valence electrons. The summed E-state index contributed by atoms with van der Waals surface area (Å²) in [5, 5.41) is 2.86. The molecule has 2 fully saturated rings. The number of carbonyl (C=O) groups is 2. The quantitative estimate of drug-likeness (QED) is 0.555. The van der Waals surface area contributed by atoms with Crippen LogP contribution in [0.3, 0.4) is 0 Å². The lowest BCUT2D eigenvalue weighted by molar-refractivity contribution is -0.134. The first-order valence-electron chi connectivity index (χ1n) is 12.5. The molecule has 2 saturated heterocycles. The molecule has 3 aromatic rings. The molecule has 5 heteroatoms. The second kappa shape index (κ2) is 10.3. The van der Waals surface area contributed by atoms with E-state index < -0.39 is 0 Å². The van der Waals surface area contributed by atoms with Gasteiger partial charge in [0.15, 0.2) is 0 Å². The number of hydrogen-bond donors (Lipinski definition) is 1. The van der Waals surface area contributed by atoms with E-state index in [4.69, 9.17) is 0 Å². The van der Waals surface area contributed by atoms with Gasteiger partial charge < -0.3 is 10.2 Å². The molecule has 0 saturated carbocycles. The zero-order valence-electron chi connectivity index (χ0n) is 20.1. The maximum absolute atomic E-state index is 13.3. The molecule has 2 amide bonds. The molecule has 1 N–H and O–H groups in total. The smallest absolute Gasteiger partial charge is 0.251 e. The summed E-state index contributed by atoms with van der Waals surface area (Å²) in [4.78, 5) is 32.1. The van der Waals surface area contributed by atoms with Crippen LogP contribution in [0.1, 0.15) is 59.7 Å². The van der Waals surface area contributed by atoms with Crippen molar-refractivity contribution in [3.05, 3.63) is 107 Å². The number of nitrogens with zero attached hydrogens (tertiary/aromatic N) is 2. The van der Waals surface area contributed by atoms with Gasteiger partial charge in [-0.3, -0.25) is 14.6 Å². The minimum absolute atomic E-state index is 0.0575. The summed E-state index contributed by atoms with van der Waals surface area (Å²) in [5.41, 5.74) is 6.46. The first-order chi connectivity index (χ1) is 17.1. The summed E-state index contributed by atoms with van der Waals surface area (Å²) in [6, 6.07) is 22.4. The van der Waals surface area contributed by atoms with Crippen LogP contribution in [0.4, 0.5) is 0 Å².